The summed E-state index contributed by atoms with van der Waals surface area (Å²) in [6, 6.07) is 1.98. The highest BCUT2D eigenvalue weighted by Crippen LogP contribution is 2.31. The van der Waals surface area contributed by atoms with Gasteiger partial charge in [-0.05, 0) is 38.3 Å². The van der Waals surface area contributed by atoms with E-state index in [1.54, 1.807) is 12.5 Å². The van der Waals surface area contributed by atoms with E-state index in [1.807, 2.05) is 6.07 Å². The molecular formula is C11H18N2O. The molecule has 1 aromatic rings. The second-order valence-electron chi connectivity index (χ2n) is 4.27. The number of furan rings is 1. The van der Waals surface area contributed by atoms with Crippen molar-refractivity contribution >= 4 is 0 Å². The largest absolute Gasteiger partial charge is 0.472 e. The molecule has 1 saturated carbocycles. The molecule has 3 nitrogen and oxygen atoms in total. The molecule has 0 unspecified atom stereocenters. The summed E-state index contributed by atoms with van der Waals surface area (Å²) in [6.45, 7) is 1.88. The van der Waals surface area contributed by atoms with Gasteiger partial charge in [-0.3, -0.25) is 0 Å². The summed E-state index contributed by atoms with van der Waals surface area (Å²) in [5.74, 6) is 0. The molecule has 1 aliphatic rings. The zero-order valence-electron chi connectivity index (χ0n) is 8.46. The molecule has 0 aliphatic heterocycles. The molecule has 3 N–H and O–H groups in total. The van der Waals surface area contributed by atoms with Gasteiger partial charge in [0.25, 0.3) is 0 Å². The highest BCUT2D eigenvalue weighted by molar-refractivity contribution is 5.04. The Morgan fingerprint density at radius 2 is 2.36 bits per heavy atom. The van der Waals surface area contributed by atoms with Crippen LogP contribution >= 0.6 is 0 Å². The number of nitrogens with one attached hydrogen (secondary N) is 1. The van der Waals surface area contributed by atoms with Crippen LogP contribution in [0.4, 0.5) is 0 Å². The summed E-state index contributed by atoms with van der Waals surface area (Å²) in [5, 5.41) is 3.37. The Morgan fingerprint density at radius 3 is 2.93 bits per heavy atom. The highest BCUT2D eigenvalue weighted by Gasteiger charge is 2.31. The fourth-order valence-corrected chi connectivity index (χ4v) is 1.84. The Morgan fingerprint density at radius 1 is 1.50 bits per heavy atom. The lowest BCUT2D eigenvalue weighted by Gasteiger charge is -2.38. The molecule has 1 heterocycles. The number of nitrogens with two attached hydrogens (primary N) is 1. The van der Waals surface area contributed by atoms with Crippen molar-refractivity contribution in [3.05, 3.63) is 24.2 Å². The zero-order valence-corrected chi connectivity index (χ0v) is 8.46. The number of rotatable bonds is 5. The van der Waals surface area contributed by atoms with E-state index >= 15 is 0 Å². The van der Waals surface area contributed by atoms with E-state index in [2.05, 4.69) is 5.32 Å². The van der Waals surface area contributed by atoms with Crippen LogP contribution in [0.2, 0.25) is 0 Å². The maximum Gasteiger partial charge on any atom is 0.0947 e. The second-order valence-corrected chi connectivity index (χ2v) is 4.27. The average Bonchev–Trinajstić information content (AvgIpc) is 2.62. The van der Waals surface area contributed by atoms with Crippen molar-refractivity contribution in [2.45, 2.75) is 37.8 Å². The molecule has 78 valence electrons. The maximum absolute atomic E-state index is 6.10. The molecule has 0 aromatic carbocycles. The summed E-state index contributed by atoms with van der Waals surface area (Å²) < 4.78 is 4.98. The van der Waals surface area contributed by atoms with Crippen LogP contribution in [0.25, 0.3) is 0 Å². The first-order chi connectivity index (χ1) is 6.79. The van der Waals surface area contributed by atoms with Gasteiger partial charge in [-0.1, -0.05) is 0 Å². The van der Waals surface area contributed by atoms with Crippen LogP contribution in [0.5, 0.6) is 0 Å². The molecule has 0 spiro atoms. The fourth-order valence-electron chi connectivity index (χ4n) is 1.84. The summed E-state index contributed by atoms with van der Waals surface area (Å²) >= 11 is 0. The van der Waals surface area contributed by atoms with Gasteiger partial charge in [-0.2, -0.15) is 0 Å². The van der Waals surface area contributed by atoms with Gasteiger partial charge in [0, 0.05) is 17.6 Å². The van der Waals surface area contributed by atoms with Crippen molar-refractivity contribution in [3.8, 4) is 0 Å². The molecule has 0 amide bonds. The van der Waals surface area contributed by atoms with Crippen molar-refractivity contribution in [1.82, 2.24) is 5.32 Å². The SMILES string of the molecule is NC1(CCNCc2ccoc2)CCC1. The van der Waals surface area contributed by atoms with E-state index in [0.717, 1.165) is 19.5 Å². The first kappa shape index (κ1) is 9.74. The van der Waals surface area contributed by atoms with Gasteiger partial charge in [0.05, 0.1) is 12.5 Å². The van der Waals surface area contributed by atoms with Crippen LogP contribution in [0, 0.1) is 0 Å². The predicted molar refractivity (Wildman–Crippen MR) is 55.8 cm³/mol. The van der Waals surface area contributed by atoms with Gasteiger partial charge in [0.15, 0.2) is 0 Å². The van der Waals surface area contributed by atoms with Crippen molar-refractivity contribution in [1.29, 1.82) is 0 Å². The number of hydrogen-bond acceptors (Lipinski definition) is 3. The molecule has 1 aliphatic carbocycles. The van der Waals surface area contributed by atoms with E-state index in [-0.39, 0.29) is 5.54 Å². The first-order valence-corrected chi connectivity index (χ1v) is 5.29. The Hall–Kier alpha value is -0.800. The van der Waals surface area contributed by atoms with Crippen LogP contribution in [0.1, 0.15) is 31.2 Å². The summed E-state index contributed by atoms with van der Waals surface area (Å²) in [4.78, 5) is 0. The highest BCUT2D eigenvalue weighted by atomic mass is 16.3. The summed E-state index contributed by atoms with van der Waals surface area (Å²) in [6.07, 6.45) is 8.26. The topological polar surface area (TPSA) is 51.2 Å². The van der Waals surface area contributed by atoms with Crippen molar-refractivity contribution in [2.24, 2.45) is 5.73 Å². The third kappa shape index (κ3) is 2.36. The van der Waals surface area contributed by atoms with Gasteiger partial charge >= 0.3 is 0 Å². The lowest BCUT2D eigenvalue weighted by Crippen LogP contribution is -2.48. The standard InChI is InChI=1S/C11H18N2O/c12-11(3-1-4-11)5-6-13-8-10-2-7-14-9-10/h2,7,9,13H,1,3-6,8,12H2. The van der Waals surface area contributed by atoms with Crippen LogP contribution in [-0.4, -0.2) is 12.1 Å². The van der Waals surface area contributed by atoms with Crippen LogP contribution in [0.3, 0.4) is 0 Å². The van der Waals surface area contributed by atoms with Gasteiger partial charge < -0.3 is 15.5 Å². The van der Waals surface area contributed by atoms with Crippen LogP contribution in [0.15, 0.2) is 23.0 Å². The summed E-state index contributed by atoms with van der Waals surface area (Å²) in [5.41, 5.74) is 7.44. The van der Waals surface area contributed by atoms with Crippen LogP contribution in [-0.2, 0) is 6.54 Å². The van der Waals surface area contributed by atoms with Crippen molar-refractivity contribution in [3.63, 3.8) is 0 Å². The monoisotopic (exact) mass is 194 g/mol. The van der Waals surface area contributed by atoms with Gasteiger partial charge in [0.1, 0.15) is 0 Å². The first-order valence-electron chi connectivity index (χ1n) is 5.29. The maximum atomic E-state index is 6.10. The number of hydrogen-bond donors (Lipinski definition) is 2. The molecule has 0 radical (unpaired) electrons. The Balaban J connectivity index is 1.59. The zero-order chi connectivity index (χ0) is 9.86. The minimum absolute atomic E-state index is 0.142. The van der Waals surface area contributed by atoms with E-state index < -0.39 is 0 Å². The third-order valence-corrected chi connectivity index (χ3v) is 3.06. The normalized spacial score (nSPS) is 19.2. The molecule has 0 bridgehead atoms. The van der Waals surface area contributed by atoms with Crippen molar-refractivity contribution in [2.75, 3.05) is 6.54 Å². The second kappa shape index (κ2) is 4.15. The minimum atomic E-state index is 0.142. The Labute approximate surface area is 84.7 Å². The lowest BCUT2D eigenvalue weighted by molar-refractivity contribution is 0.229. The van der Waals surface area contributed by atoms with Gasteiger partial charge in [0.2, 0.25) is 0 Å². The average molecular weight is 194 g/mol. The Kier molecular flexibility index (Phi) is 2.89. The molecule has 1 fully saturated rings. The molecule has 14 heavy (non-hydrogen) atoms. The molecule has 0 saturated heterocycles. The lowest BCUT2D eigenvalue weighted by atomic mass is 9.75. The predicted octanol–water partition coefficient (Wildman–Crippen LogP) is 1.64. The Bertz CT molecular complexity index is 265. The quantitative estimate of drug-likeness (QED) is 0.701. The van der Waals surface area contributed by atoms with Crippen LogP contribution < -0.4 is 11.1 Å². The van der Waals surface area contributed by atoms with E-state index in [9.17, 15) is 0 Å². The molecular weight excluding hydrogens is 176 g/mol. The van der Waals surface area contributed by atoms with Crippen molar-refractivity contribution < 1.29 is 4.42 Å². The molecule has 1 aromatic heterocycles. The third-order valence-electron chi connectivity index (χ3n) is 3.06. The molecule has 0 atom stereocenters. The molecule has 2 rings (SSSR count). The van der Waals surface area contributed by atoms with E-state index in [0.29, 0.717) is 0 Å². The summed E-state index contributed by atoms with van der Waals surface area (Å²) in [7, 11) is 0. The smallest absolute Gasteiger partial charge is 0.0947 e. The van der Waals surface area contributed by atoms with E-state index in [4.69, 9.17) is 10.2 Å². The van der Waals surface area contributed by atoms with Gasteiger partial charge in [-0.25, -0.2) is 0 Å². The minimum Gasteiger partial charge on any atom is -0.472 e. The van der Waals surface area contributed by atoms with E-state index in [1.165, 1.54) is 24.8 Å². The molecule has 3 heteroatoms. The fraction of sp³-hybridized carbons (Fsp3) is 0.636. The van der Waals surface area contributed by atoms with Gasteiger partial charge in [-0.15, -0.1) is 0 Å².